The maximum atomic E-state index is 4.61. The van der Waals surface area contributed by atoms with Crippen molar-refractivity contribution in [2.24, 2.45) is 4.99 Å². The van der Waals surface area contributed by atoms with Gasteiger partial charge in [0.1, 0.15) is 5.84 Å². The number of aliphatic imine (C=N–C) groups is 1. The van der Waals surface area contributed by atoms with Gasteiger partial charge in [-0.05, 0) is 33.4 Å². The Labute approximate surface area is 124 Å². The number of amidine groups is 1. The van der Waals surface area contributed by atoms with Crippen molar-refractivity contribution in [3.63, 3.8) is 0 Å². The highest BCUT2D eigenvalue weighted by Crippen LogP contribution is 2.18. The van der Waals surface area contributed by atoms with Crippen LogP contribution in [-0.2, 0) is 0 Å². The monoisotopic (exact) mass is 275 g/mol. The summed E-state index contributed by atoms with van der Waals surface area (Å²) in [4.78, 5) is 9.46. The van der Waals surface area contributed by atoms with Crippen LogP contribution in [0.25, 0.3) is 0 Å². The zero-order valence-corrected chi connectivity index (χ0v) is 13.5. The van der Waals surface area contributed by atoms with Gasteiger partial charge in [-0.25, -0.2) is 0 Å². The van der Waals surface area contributed by atoms with Crippen LogP contribution in [0.3, 0.4) is 0 Å². The van der Waals surface area contributed by atoms with Gasteiger partial charge in [0.2, 0.25) is 0 Å². The number of nitrogens with zero attached hydrogens (tertiary/aromatic N) is 3. The van der Waals surface area contributed by atoms with Crippen molar-refractivity contribution in [2.75, 3.05) is 32.7 Å². The third-order valence-electron chi connectivity index (χ3n) is 3.61. The van der Waals surface area contributed by atoms with Crippen molar-refractivity contribution >= 4 is 5.84 Å². The molecule has 2 aliphatic heterocycles. The lowest BCUT2D eigenvalue weighted by molar-refractivity contribution is 0.255. The maximum absolute atomic E-state index is 4.61. The zero-order chi connectivity index (χ0) is 14.8. The minimum Gasteiger partial charge on any atom is -0.331 e. The van der Waals surface area contributed by atoms with Crippen molar-refractivity contribution < 1.29 is 0 Å². The molecule has 0 radical (unpaired) electrons. The first kappa shape index (κ1) is 16.7. The minimum absolute atomic E-state index is 0.857. The van der Waals surface area contributed by atoms with E-state index in [4.69, 9.17) is 0 Å². The molecule has 3 heteroatoms. The van der Waals surface area contributed by atoms with Crippen LogP contribution in [0.5, 0.6) is 0 Å². The quantitative estimate of drug-likeness (QED) is 0.734. The standard InChI is InChI=1S/C13H21N3.C4H8/c1-3-5-6-12-7-8-14-13-11-15(4-2)9-10-16(12)13;1-3-4-2/h3,5,7H,4,6,8-11H2,1-2H3;3-4H,1-2H3/b5-3+;4-3-. The van der Waals surface area contributed by atoms with E-state index in [1.54, 1.807) is 0 Å². The fourth-order valence-corrected chi connectivity index (χ4v) is 2.25. The number of allylic oxidation sites excluding steroid dienone is 4. The summed E-state index contributed by atoms with van der Waals surface area (Å²) in [5.41, 5.74) is 1.43. The van der Waals surface area contributed by atoms with Crippen LogP contribution in [0.2, 0.25) is 0 Å². The molecule has 1 saturated heterocycles. The van der Waals surface area contributed by atoms with Crippen LogP contribution in [0, 0.1) is 0 Å². The van der Waals surface area contributed by atoms with E-state index in [1.165, 1.54) is 11.5 Å². The summed E-state index contributed by atoms with van der Waals surface area (Å²) >= 11 is 0. The van der Waals surface area contributed by atoms with Crippen LogP contribution < -0.4 is 0 Å². The van der Waals surface area contributed by atoms with E-state index in [1.807, 2.05) is 26.0 Å². The Morgan fingerprint density at radius 1 is 1.15 bits per heavy atom. The molecular formula is C17H29N3. The van der Waals surface area contributed by atoms with Crippen LogP contribution >= 0.6 is 0 Å². The first-order chi connectivity index (χ1) is 9.76. The summed E-state index contributed by atoms with van der Waals surface area (Å²) in [5, 5.41) is 0. The van der Waals surface area contributed by atoms with Gasteiger partial charge in [0.25, 0.3) is 0 Å². The highest BCUT2D eigenvalue weighted by molar-refractivity contribution is 5.87. The number of fused-ring (bicyclic) bond motifs is 1. The Kier molecular flexibility index (Phi) is 7.97. The molecule has 0 spiro atoms. The molecule has 0 N–H and O–H groups in total. The molecule has 0 aromatic heterocycles. The van der Waals surface area contributed by atoms with Crippen LogP contribution in [0.4, 0.5) is 0 Å². The highest BCUT2D eigenvalue weighted by atomic mass is 15.3. The second-order valence-electron chi connectivity index (χ2n) is 4.91. The van der Waals surface area contributed by atoms with Gasteiger partial charge >= 0.3 is 0 Å². The fourth-order valence-electron chi connectivity index (χ4n) is 2.25. The van der Waals surface area contributed by atoms with Gasteiger partial charge in [0.15, 0.2) is 0 Å². The maximum Gasteiger partial charge on any atom is 0.118 e. The third kappa shape index (κ3) is 4.97. The van der Waals surface area contributed by atoms with Gasteiger partial charge in [0.05, 0.1) is 13.1 Å². The Balaban J connectivity index is 0.000000444. The number of rotatable bonds is 3. The van der Waals surface area contributed by atoms with Crippen molar-refractivity contribution in [2.45, 2.75) is 34.1 Å². The van der Waals surface area contributed by atoms with Gasteiger partial charge in [-0.3, -0.25) is 9.89 Å². The number of piperazine rings is 1. The molecule has 2 aliphatic rings. The van der Waals surface area contributed by atoms with Gasteiger partial charge in [-0.2, -0.15) is 0 Å². The lowest BCUT2D eigenvalue weighted by Gasteiger charge is -2.39. The van der Waals surface area contributed by atoms with Crippen LogP contribution in [0.15, 0.2) is 41.1 Å². The SMILES string of the molecule is C/C=C/CC1=CCN=C2CN(CC)CCN12.C/C=C\C. The molecular weight excluding hydrogens is 246 g/mol. The summed E-state index contributed by atoms with van der Waals surface area (Å²) in [6.45, 7) is 13.5. The van der Waals surface area contributed by atoms with E-state index in [0.29, 0.717) is 0 Å². The van der Waals surface area contributed by atoms with Gasteiger partial charge in [-0.1, -0.05) is 31.2 Å². The van der Waals surface area contributed by atoms with Gasteiger partial charge < -0.3 is 4.90 Å². The zero-order valence-electron chi connectivity index (χ0n) is 13.5. The second-order valence-corrected chi connectivity index (χ2v) is 4.91. The Hall–Kier alpha value is -1.35. The number of likely N-dealkylation sites (N-methyl/N-ethyl adjacent to an activating group) is 1. The number of hydrogen-bond acceptors (Lipinski definition) is 3. The largest absolute Gasteiger partial charge is 0.331 e. The second kappa shape index (κ2) is 9.54. The molecule has 2 heterocycles. The molecule has 0 unspecified atom stereocenters. The summed E-state index contributed by atoms with van der Waals surface area (Å²) < 4.78 is 0. The molecule has 0 bridgehead atoms. The Morgan fingerprint density at radius 2 is 1.90 bits per heavy atom. The Bertz CT molecular complexity index is 387. The van der Waals surface area contributed by atoms with E-state index in [0.717, 1.165) is 39.1 Å². The van der Waals surface area contributed by atoms with Crippen molar-refractivity contribution in [1.29, 1.82) is 0 Å². The molecule has 0 atom stereocenters. The molecule has 20 heavy (non-hydrogen) atoms. The Morgan fingerprint density at radius 3 is 2.50 bits per heavy atom. The van der Waals surface area contributed by atoms with E-state index < -0.39 is 0 Å². The minimum atomic E-state index is 0.857. The molecule has 0 amide bonds. The van der Waals surface area contributed by atoms with Crippen molar-refractivity contribution in [3.05, 3.63) is 36.1 Å². The average Bonchev–Trinajstić information content (AvgIpc) is 2.52. The highest BCUT2D eigenvalue weighted by Gasteiger charge is 2.24. The predicted molar refractivity (Wildman–Crippen MR) is 89.1 cm³/mol. The van der Waals surface area contributed by atoms with Gasteiger partial charge in [0, 0.05) is 25.2 Å². The number of hydrogen-bond donors (Lipinski definition) is 0. The topological polar surface area (TPSA) is 18.8 Å². The molecule has 112 valence electrons. The van der Waals surface area contributed by atoms with E-state index in [2.05, 4.69) is 46.9 Å². The van der Waals surface area contributed by atoms with Crippen LogP contribution in [-0.4, -0.2) is 48.4 Å². The molecule has 0 aliphatic carbocycles. The summed E-state index contributed by atoms with van der Waals surface area (Å²) in [6.07, 6.45) is 11.6. The van der Waals surface area contributed by atoms with Crippen molar-refractivity contribution in [1.82, 2.24) is 9.80 Å². The van der Waals surface area contributed by atoms with Gasteiger partial charge in [-0.15, -0.1) is 0 Å². The molecule has 2 rings (SSSR count). The van der Waals surface area contributed by atoms with Crippen molar-refractivity contribution in [3.8, 4) is 0 Å². The first-order valence-electron chi connectivity index (χ1n) is 7.67. The molecule has 0 aromatic rings. The molecule has 0 saturated carbocycles. The summed E-state index contributed by atoms with van der Waals surface area (Å²) in [6, 6.07) is 0. The predicted octanol–water partition coefficient (Wildman–Crippen LogP) is 3.47. The molecule has 3 nitrogen and oxygen atoms in total. The van der Waals surface area contributed by atoms with Crippen LogP contribution in [0.1, 0.15) is 34.1 Å². The fraction of sp³-hybridized carbons (Fsp3) is 0.588. The van der Waals surface area contributed by atoms with E-state index in [-0.39, 0.29) is 0 Å². The molecule has 1 fully saturated rings. The molecule has 0 aromatic carbocycles. The lowest BCUT2D eigenvalue weighted by atomic mass is 10.1. The first-order valence-corrected chi connectivity index (χ1v) is 7.67. The van der Waals surface area contributed by atoms with E-state index >= 15 is 0 Å². The summed E-state index contributed by atoms with van der Waals surface area (Å²) in [7, 11) is 0. The average molecular weight is 275 g/mol. The third-order valence-corrected chi connectivity index (χ3v) is 3.61. The summed E-state index contributed by atoms with van der Waals surface area (Å²) in [5.74, 6) is 1.26. The lowest BCUT2D eigenvalue weighted by Crippen LogP contribution is -2.50. The normalized spacial score (nSPS) is 19.5. The smallest absolute Gasteiger partial charge is 0.118 e. The van der Waals surface area contributed by atoms with E-state index in [9.17, 15) is 0 Å².